The van der Waals surface area contributed by atoms with E-state index in [4.69, 9.17) is 9.84 Å². The summed E-state index contributed by atoms with van der Waals surface area (Å²) in [6.07, 6.45) is 4.64. The van der Waals surface area contributed by atoms with Crippen LogP contribution in [-0.2, 0) is 14.3 Å². The van der Waals surface area contributed by atoms with Gasteiger partial charge in [-0.3, -0.25) is 4.79 Å². The van der Waals surface area contributed by atoms with Crippen molar-refractivity contribution in [1.82, 2.24) is 5.32 Å². The Morgan fingerprint density at radius 1 is 1.38 bits per heavy atom. The second-order valence-electron chi connectivity index (χ2n) is 4.37. The van der Waals surface area contributed by atoms with Gasteiger partial charge in [0.2, 0.25) is 5.91 Å². The molecule has 0 aromatic rings. The summed E-state index contributed by atoms with van der Waals surface area (Å²) in [4.78, 5) is 21.4. The molecule has 0 spiro atoms. The zero-order chi connectivity index (χ0) is 12.0. The summed E-state index contributed by atoms with van der Waals surface area (Å²) in [5, 5.41) is 11.1. The van der Waals surface area contributed by atoms with Crippen LogP contribution in [0.15, 0.2) is 0 Å². The normalized spacial score (nSPS) is 17.6. The largest absolute Gasteiger partial charge is 0.480 e. The third-order valence-corrected chi connectivity index (χ3v) is 3.28. The number of carbonyl (C=O) groups excluding carboxylic acids is 1. The van der Waals surface area contributed by atoms with Gasteiger partial charge < -0.3 is 15.2 Å². The van der Waals surface area contributed by atoms with Gasteiger partial charge in [0, 0.05) is 6.54 Å². The van der Waals surface area contributed by atoms with Crippen molar-refractivity contribution < 1.29 is 19.4 Å². The molecular formula is C11H19NO4. The van der Waals surface area contributed by atoms with Gasteiger partial charge in [-0.15, -0.1) is 0 Å². The first-order valence-corrected chi connectivity index (χ1v) is 5.64. The van der Waals surface area contributed by atoms with Crippen LogP contribution in [0.2, 0.25) is 0 Å². The highest BCUT2D eigenvalue weighted by Gasteiger charge is 2.35. The maximum atomic E-state index is 11.3. The first-order valence-electron chi connectivity index (χ1n) is 5.64. The molecule has 0 atom stereocenters. The molecule has 1 rings (SSSR count). The maximum absolute atomic E-state index is 11.3. The standard InChI is InChI=1S/C11H19NO4/c1-2-11(4-3-5-11)8-12-9(13)6-16-7-10(14)15/h2-8H2,1H3,(H,12,13)(H,14,15). The number of hydrogen-bond donors (Lipinski definition) is 2. The SMILES string of the molecule is CCC1(CNC(=O)COCC(=O)O)CCC1. The van der Waals surface area contributed by atoms with E-state index in [-0.39, 0.29) is 17.9 Å². The Balaban J connectivity index is 2.12. The van der Waals surface area contributed by atoms with Crippen molar-refractivity contribution in [3.05, 3.63) is 0 Å². The molecule has 0 aliphatic heterocycles. The molecule has 5 nitrogen and oxygen atoms in total. The number of carboxylic acid groups (broad SMARTS) is 1. The number of carboxylic acids is 1. The van der Waals surface area contributed by atoms with E-state index in [9.17, 15) is 9.59 Å². The molecule has 0 heterocycles. The van der Waals surface area contributed by atoms with Gasteiger partial charge in [0.05, 0.1) is 0 Å². The van der Waals surface area contributed by atoms with E-state index < -0.39 is 12.6 Å². The summed E-state index contributed by atoms with van der Waals surface area (Å²) < 4.78 is 4.70. The van der Waals surface area contributed by atoms with Crippen molar-refractivity contribution in [2.45, 2.75) is 32.6 Å². The topological polar surface area (TPSA) is 75.6 Å². The van der Waals surface area contributed by atoms with Crippen LogP contribution in [-0.4, -0.2) is 36.7 Å². The smallest absolute Gasteiger partial charge is 0.329 e. The molecule has 1 fully saturated rings. The molecule has 0 aromatic carbocycles. The van der Waals surface area contributed by atoms with E-state index in [2.05, 4.69) is 12.2 Å². The molecule has 0 saturated heterocycles. The minimum absolute atomic E-state index is 0.175. The van der Waals surface area contributed by atoms with Crippen LogP contribution < -0.4 is 5.32 Å². The van der Waals surface area contributed by atoms with Crippen LogP contribution in [0.1, 0.15) is 32.6 Å². The Kier molecular flexibility index (Phi) is 4.73. The maximum Gasteiger partial charge on any atom is 0.329 e. The molecule has 1 aliphatic carbocycles. The zero-order valence-corrected chi connectivity index (χ0v) is 9.62. The fourth-order valence-electron chi connectivity index (χ4n) is 1.90. The predicted molar refractivity (Wildman–Crippen MR) is 58.0 cm³/mol. The van der Waals surface area contributed by atoms with Gasteiger partial charge in [-0.1, -0.05) is 13.3 Å². The van der Waals surface area contributed by atoms with E-state index in [1.807, 2.05) is 0 Å². The third-order valence-electron chi connectivity index (χ3n) is 3.28. The average molecular weight is 229 g/mol. The molecule has 0 aromatic heterocycles. The van der Waals surface area contributed by atoms with E-state index in [0.29, 0.717) is 6.54 Å². The zero-order valence-electron chi connectivity index (χ0n) is 9.62. The van der Waals surface area contributed by atoms with Crippen molar-refractivity contribution in [1.29, 1.82) is 0 Å². The quantitative estimate of drug-likeness (QED) is 0.676. The van der Waals surface area contributed by atoms with Gasteiger partial charge in [-0.2, -0.15) is 0 Å². The molecule has 2 N–H and O–H groups in total. The Bertz CT molecular complexity index is 255. The van der Waals surface area contributed by atoms with Crippen molar-refractivity contribution in [3.63, 3.8) is 0 Å². The van der Waals surface area contributed by atoms with Crippen molar-refractivity contribution in [2.24, 2.45) is 5.41 Å². The number of ether oxygens (including phenoxy) is 1. The molecule has 1 saturated carbocycles. The Labute approximate surface area is 95.2 Å². The van der Waals surface area contributed by atoms with E-state index >= 15 is 0 Å². The highest BCUT2D eigenvalue weighted by atomic mass is 16.5. The number of hydrogen-bond acceptors (Lipinski definition) is 3. The Morgan fingerprint density at radius 3 is 2.50 bits per heavy atom. The summed E-state index contributed by atoms with van der Waals surface area (Å²) in [6.45, 7) is 2.21. The Hall–Kier alpha value is -1.10. The first-order chi connectivity index (χ1) is 7.58. The summed E-state index contributed by atoms with van der Waals surface area (Å²) in [5.41, 5.74) is 0.280. The number of carbonyl (C=O) groups is 2. The number of rotatable bonds is 7. The van der Waals surface area contributed by atoms with E-state index in [1.165, 1.54) is 19.3 Å². The van der Waals surface area contributed by atoms with Gasteiger partial charge in [-0.05, 0) is 24.7 Å². The lowest BCUT2D eigenvalue weighted by Gasteiger charge is -2.41. The lowest BCUT2D eigenvalue weighted by Crippen LogP contribution is -2.42. The summed E-state index contributed by atoms with van der Waals surface area (Å²) in [5.74, 6) is -1.29. The van der Waals surface area contributed by atoms with Gasteiger partial charge >= 0.3 is 5.97 Å². The van der Waals surface area contributed by atoms with Gasteiger partial charge in [0.15, 0.2) is 0 Å². The summed E-state index contributed by atoms with van der Waals surface area (Å²) in [7, 11) is 0. The second kappa shape index (κ2) is 5.84. The summed E-state index contributed by atoms with van der Waals surface area (Å²) >= 11 is 0. The second-order valence-corrected chi connectivity index (χ2v) is 4.37. The molecule has 5 heteroatoms. The molecule has 16 heavy (non-hydrogen) atoms. The van der Waals surface area contributed by atoms with Gasteiger partial charge in [0.1, 0.15) is 13.2 Å². The fourth-order valence-corrected chi connectivity index (χ4v) is 1.90. The molecule has 1 aliphatic rings. The minimum atomic E-state index is -1.06. The van der Waals surface area contributed by atoms with Crippen LogP contribution in [0.4, 0.5) is 0 Å². The van der Waals surface area contributed by atoms with Crippen LogP contribution >= 0.6 is 0 Å². The van der Waals surface area contributed by atoms with Crippen molar-refractivity contribution in [3.8, 4) is 0 Å². The van der Waals surface area contributed by atoms with Crippen molar-refractivity contribution in [2.75, 3.05) is 19.8 Å². The molecule has 92 valence electrons. The van der Waals surface area contributed by atoms with Crippen LogP contribution in [0.5, 0.6) is 0 Å². The van der Waals surface area contributed by atoms with Crippen LogP contribution in [0, 0.1) is 5.41 Å². The van der Waals surface area contributed by atoms with Gasteiger partial charge in [-0.25, -0.2) is 4.79 Å². The molecule has 0 bridgehead atoms. The lowest BCUT2D eigenvalue weighted by atomic mass is 9.67. The fraction of sp³-hybridized carbons (Fsp3) is 0.818. The molecule has 0 unspecified atom stereocenters. The first kappa shape index (κ1) is 13.0. The number of amides is 1. The van der Waals surface area contributed by atoms with E-state index in [0.717, 1.165) is 6.42 Å². The predicted octanol–water partition coefficient (Wildman–Crippen LogP) is 0.784. The van der Waals surface area contributed by atoms with Crippen LogP contribution in [0.25, 0.3) is 0 Å². The Morgan fingerprint density at radius 2 is 2.06 bits per heavy atom. The molecule has 1 amide bonds. The van der Waals surface area contributed by atoms with Gasteiger partial charge in [0.25, 0.3) is 0 Å². The highest BCUT2D eigenvalue weighted by molar-refractivity contribution is 5.77. The van der Waals surface area contributed by atoms with E-state index in [1.54, 1.807) is 0 Å². The number of aliphatic carboxylic acids is 1. The highest BCUT2D eigenvalue weighted by Crippen LogP contribution is 2.42. The van der Waals surface area contributed by atoms with Crippen LogP contribution in [0.3, 0.4) is 0 Å². The number of nitrogens with one attached hydrogen (secondary N) is 1. The third kappa shape index (κ3) is 3.81. The lowest BCUT2D eigenvalue weighted by molar-refractivity contribution is -0.143. The summed E-state index contributed by atoms with van der Waals surface area (Å²) in [6, 6.07) is 0. The molecular weight excluding hydrogens is 210 g/mol. The molecule has 0 radical (unpaired) electrons. The minimum Gasteiger partial charge on any atom is -0.480 e. The average Bonchev–Trinajstić information content (AvgIpc) is 2.16. The van der Waals surface area contributed by atoms with Crippen molar-refractivity contribution >= 4 is 11.9 Å². The monoisotopic (exact) mass is 229 g/mol.